The molecule has 2 heterocycles. The lowest BCUT2D eigenvalue weighted by Gasteiger charge is -2.11. The summed E-state index contributed by atoms with van der Waals surface area (Å²) in [6.07, 6.45) is 3.39. The summed E-state index contributed by atoms with van der Waals surface area (Å²) in [6, 6.07) is 7.70. The number of amides is 1. The monoisotopic (exact) mass is 284 g/mol. The smallest absolute Gasteiger partial charge is 0.225 e. The third kappa shape index (κ3) is 2.91. The molecule has 0 radical (unpaired) electrons. The third-order valence-corrected chi connectivity index (χ3v) is 3.30. The second-order valence-corrected chi connectivity index (χ2v) is 4.91. The van der Waals surface area contributed by atoms with Crippen LogP contribution in [0.4, 0.5) is 0 Å². The van der Waals surface area contributed by atoms with Crippen molar-refractivity contribution in [3.63, 3.8) is 0 Å². The predicted octanol–water partition coefficient (Wildman–Crippen LogP) is 1.11. The lowest BCUT2D eigenvalue weighted by atomic mass is 10.1. The number of hydrogen-bond donors (Lipinski definition) is 2. The maximum atomic E-state index is 12.1. The molecule has 3 rings (SSSR count). The van der Waals surface area contributed by atoms with Gasteiger partial charge < -0.3 is 10.3 Å². The lowest BCUT2D eigenvalue weighted by molar-refractivity contribution is -0.125. The van der Waals surface area contributed by atoms with E-state index in [1.54, 1.807) is 17.1 Å². The Balaban J connectivity index is 1.62. The van der Waals surface area contributed by atoms with Crippen molar-refractivity contribution in [2.45, 2.75) is 20.0 Å². The summed E-state index contributed by atoms with van der Waals surface area (Å²) in [7, 11) is 0. The standard InChI is InChI=1S/C14H16N6O/c1-10(14(21)17-8-13-15-6-7-16-13)9-20-12-5-3-2-4-11(12)18-19-20/h2-7,10H,8-9H2,1H3,(H,15,16)(H,17,21)/t10-/m1/s1. The number of aromatic nitrogens is 5. The minimum Gasteiger partial charge on any atom is -0.349 e. The largest absolute Gasteiger partial charge is 0.349 e. The van der Waals surface area contributed by atoms with Crippen LogP contribution in [0.1, 0.15) is 12.7 Å². The van der Waals surface area contributed by atoms with Gasteiger partial charge in [0.15, 0.2) is 0 Å². The van der Waals surface area contributed by atoms with E-state index < -0.39 is 0 Å². The molecule has 1 atom stereocenters. The van der Waals surface area contributed by atoms with Gasteiger partial charge in [-0.15, -0.1) is 5.10 Å². The van der Waals surface area contributed by atoms with Gasteiger partial charge in [-0.1, -0.05) is 24.3 Å². The van der Waals surface area contributed by atoms with Crippen molar-refractivity contribution in [3.05, 3.63) is 42.5 Å². The van der Waals surface area contributed by atoms with Crippen LogP contribution < -0.4 is 5.32 Å². The highest BCUT2D eigenvalue weighted by atomic mass is 16.1. The topological polar surface area (TPSA) is 88.5 Å². The highest BCUT2D eigenvalue weighted by Crippen LogP contribution is 2.11. The number of carbonyl (C=O) groups excluding carboxylic acids is 1. The number of carbonyl (C=O) groups is 1. The third-order valence-electron chi connectivity index (χ3n) is 3.30. The summed E-state index contributed by atoms with van der Waals surface area (Å²) in [5, 5.41) is 11.0. The molecule has 7 nitrogen and oxygen atoms in total. The Morgan fingerprint density at radius 3 is 3.10 bits per heavy atom. The van der Waals surface area contributed by atoms with Crippen LogP contribution >= 0.6 is 0 Å². The van der Waals surface area contributed by atoms with Gasteiger partial charge in [-0.25, -0.2) is 9.67 Å². The molecule has 0 aliphatic rings. The molecule has 0 fully saturated rings. The van der Waals surface area contributed by atoms with E-state index in [0.29, 0.717) is 13.1 Å². The van der Waals surface area contributed by atoms with Crippen LogP contribution in [0.3, 0.4) is 0 Å². The molecular weight excluding hydrogens is 268 g/mol. The predicted molar refractivity (Wildman–Crippen MR) is 77.1 cm³/mol. The summed E-state index contributed by atoms with van der Waals surface area (Å²) in [5.41, 5.74) is 1.77. The number of imidazole rings is 1. The Labute approximate surface area is 121 Å². The van der Waals surface area contributed by atoms with Gasteiger partial charge in [0.25, 0.3) is 0 Å². The molecular formula is C14H16N6O. The first-order valence-corrected chi connectivity index (χ1v) is 6.78. The van der Waals surface area contributed by atoms with Crippen molar-refractivity contribution in [1.82, 2.24) is 30.3 Å². The zero-order valence-corrected chi connectivity index (χ0v) is 11.7. The van der Waals surface area contributed by atoms with Gasteiger partial charge in [0.05, 0.1) is 24.5 Å². The highest BCUT2D eigenvalue weighted by molar-refractivity contribution is 5.78. The maximum Gasteiger partial charge on any atom is 0.225 e. The van der Waals surface area contributed by atoms with Crippen LogP contribution in [-0.4, -0.2) is 30.9 Å². The number of aromatic amines is 1. The van der Waals surface area contributed by atoms with Crippen LogP contribution in [0.2, 0.25) is 0 Å². The molecule has 7 heteroatoms. The molecule has 0 aliphatic carbocycles. The fraction of sp³-hybridized carbons (Fsp3) is 0.286. The van der Waals surface area contributed by atoms with Crippen molar-refractivity contribution in [2.75, 3.05) is 0 Å². The quantitative estimate of drug-likeness (QED) is 0.734. The number of nitrogens with zero attached hydrogens (tertiary/aromatic N) is 4. The number of hydrogen-bond acceptors (Lipinski definition) is 4. The van der Waals surface area contributed by atoms with E-state index in [1.165, 1.54) is 0 Å². The molecule has 108 valence electrons. The fourth-order valence-electron chi connectivity index (χ4n) is 2.13. The van der Waals surface area contributed by atoms with E-state index in [4.69, 9.17) is 0 Å². The average Bonchev–Trinajstić information content (AvgIpc) is 3.15. The molecule has 0 saturated heterocycles. The Morgan fingerprint density at radius 2 is 2.29 bits per heavy atom. The lowest BCUT2D eigenvalue weighted by Crippen LogP contribution is -2.31. The number of fused-ring (bicyclic) bond motifs is 1. The van der Waals surface area contributed by atoms with Crippen LogP contribution in [0.5, 0.6) is 0 Å². The Morgan fingerprint density at radius 1 is 1.43 bits per heavy atom. The maximum absolute atomic E-state index is 12.1. The molecule has 0 saturated carbocycles. The number of benzene rings is 1. The summed E-state index contributed by atoms with van der Waals surface area (Å²) in [4.78, 5) is 19.1. The van der Waals surface area contributed by atoms with Crippen LogP contribution in [-0.2, 0) is 17.9 Å². The zero-order valence-electron chi connectivity index (χ0n) is 11.7. The van der Waals surface area contributed by atoms with E-state index in [-0.39, 0.29) is 11.8 Å². The van der Waals surface area contributed by atoms with Gasteiger partial charge in [0, 0.05) is 12.4 Å². The Kier molecular flexibility index (Phi) is 3.63. The summed E-state index contributed by atoms with van der Waals surface area (Å²) < 4.78 is 1.76. The van der Waals surface area contributed by atoms with Gasteiger partial charge in [-0.05, 0) is 12.1 Å². The molecule has 2 N–H and O–H groups in total. The molecule has 0 unspecified atom stereocenters. The first kappa shape index (κ1) is 13.3. The highest BCUT2D eigenvalue weighted by Gasteiger charge is 2.15. The normalized spacial score (nSPS) is 12.4. The number of H-pyrrole nitrogens is 1. The van der Waals surface area contributed by atoms with Gasteiger partial charge in [-0.3, -0.25) is 4.79 Å². The van der Waals surface area contributed by atoms with Crippen molar-refractivity contribution >= 4 is 16.9 Å². The Bertz CT molecular complexity index is 733. The first-order chi connectivity index (χ1) is 10.2. The first-order valence-electron chi connectivity index (χ1n) is 6.78. The second kappa shape index (κ2) is 5.74. The van der Waals surface area contributed by atoms with E-state index in [1.807, 2.05) is 31.2 Å². The Hall–Kier alpha value is -2.70. The van der Waals surface area contributed by atoms with E-state index in [2.05, 4.69) is 25.6 Å². The minimum absolute atomic E-state index is 0.0361. The molecule has 21 heavy (non-hydrogen) atoms. The van der Waals surface area contributed by atoms with Crippen molar-refractivity contribution < 1.29 is 4.79 Å². The van der Waals surface area contributed by atoms with Crippen LogP contribution in [0.25, 0.3) is 11.0 Å². The van der Waals surface area contributed by atoms with E-state index >= 15 is 0 Å². The van der Waals surface area contributed by atoms with Gasteiger partial charge in [0.1, 0.15) is 11.3 Å². The van der Waals surface area contributed by atoms with Crippen molar-refractivity contribution in [1.29, 1.82) is 0 Å². The van der Waals surface area contributed by atoms with Crippen LogP contribution in [0.15, 0.2) is 36.7 Å². The van der Waals surface area contributed by atoms with Gasteiger partial charge >= 0.3 is 0 Å². The minimum atomic E-state index is -0.204. The average molecular weight is 284 g/mol. The molecule has 1 aromatic carbocycles. The second-order valence-electron chi connectivity index (χ2n) is 4.91. The van der Waals surface area contributed by atoms with Crippen molar-refractivity contribution in [3.8, 4) is 0 Å². The summed E-state index contributed by atoms with van der Waals surface area (Å²) >= 11 is 0. The molecule has 0 spiro atoms. The number of nitrogens with one attached hydrogen (secondary N) is 2. The molecule has 0 aliphatic heterocycles. The molecule has 0 bridgehead atoms. The molecule has 3 aromatic rings. The summed E-state index contributed by atoms with van der Waals surface area (Å²) in [5.74, 6) is 0.498. The molecule has 2 aromatic heterocycles. The van der Waals surface area contributed by atoms with E-state index in [9.17, 15) is 4.79 Å². The fourth-order valence-corrected chi connectivity index (χ4v) is 2.13. The van der Waals surface area contributed by atoms with E-state index in [0.717, 1.165) is 16.9 Å². The SMILES string of the molecule is C[C@H](Cn1nnc2ccccc21)C(=O)NCc1ncc[nH]1. The number of para-hydroxylation sites is 1. The number of rotatable bonds is 5. The summed E-state index contributed by atoms with van der Waals surface area (Å²) in [6.45, 7) is 2.76. The van der Waals surface area contributed by atoms with Gasteiger partial charge in [-0.2, -0.15) is 0 Å². The van der Waals surface area contributed by atoms with Crippen molar-refractivity contribution in [2.24, 2.45) is 5.92 Å². The van der Waals surface area contributed by atoms with Gasteiger partial charge in [0.2, 0.25) is 5.91 Å². The molecule has 1 amide bonds. The zero-order chi connectivity index (χ0) is 14.7. The van der Waals surface area contributed by atoms with Crippen LogP contribution in [0, 0.1) is 5.92 Å².